The number of rotatable bonds is 5. The standard InChI is InChI=1S/C20H17N3O7/c1-11-4-6-13(7-5-11)22-19(25)14(18(24)21-20(22)26)8-12-9-15(23(27)28)17(30-3)10-16(12)29-2/h4-10H,1-3H3,(H,21,24,26)/b14-8-. The smallest absolute Gasteiger partial charge is 0.335 e. The number of barbiturate groups is 1. The summed E-state index contributed by atoms with van der Waals surface area (Å²) in [6.07, 6.45) is 1.14. The molecule has 10 nitrogen and oxygen atoms in total. The molecule has 10 heteroatoms. The Morgan fingerprint density at radius 1 is 1.03 bits per heavy atom. The number of imide groups is 2. The highest BCUT2D eigenvalue weighted by Gasteiger charge is 2.37. The predicted octanol–water partition coefficient (Wildman–Crippen LogP) is 2.59. The monoisotopic (exact) mass is 411 g/mol. The third-order valence-corrected chi connectivity index (χ3v) is 4.42. The fourth-order valence-electron chi connectivity index (χ4n) is 2.90. The lowest BCUT2D eigenvalue weighted by atomic mass is 10.0. The first-order valence-corrected chi connectivity index (χ1v) is 8.65. The van der Waals surface area contributed by atoms with Crippen molar-refractivity contribution >= 4 is 35.3 Å². The summed E-state index contributed by atoms with van der Waals surface area (Å²) in [6.45, 7) is 1.85. The zero-order valence-corrected chi connectivity index (χ0v) is 16.3. The molecule has 2 aromatic carbocycles. The zero-order valence-electron chi connectivity index (χ0n) is 16.3. The summed E-state index contributed by atoms with van der Waals surface area (Å²) in [7, 11) is 2.59. The van der Waals surface area contributed by atoms with Crippen LogP contribution in [0, 0.1) is 17.0 Å². The molecule has 0 radical (unpaired) electrons. The van der Waals surface area contributed by atoms with Crippen molar-refractivity contribution in [2.75, 3.05) is 19.1 Å². The van der Waals surface area contributed by atoms with Gasteiger partial charge in [0.1, 0.15) is 11.3 Å². The first kappa shape index (κ1) is 20.5. The van der Waals surface area contributed by atoms with Crippen molar-refractivity contribution in [3.8, 4) is 11.5 Å². The van der Waals surface area contributed by atoms with Crippen LogP contribution < -0.4 is 19.7 Å². The highest BCUT2D eigenvalue weighted by atomic mass is 16.6. The van der Waals surface area contributed by atoms with Gasteiger partial charge in [0, 0.05) is 17.7 Å². The molecule has 0 saturated carbocycles. The molecule has 30 heavy (non-hydrogen) atoms. The van der Waals surface area contributed by atoms with Crippen molar-refractivity contribution < 1.29 is 28.8 Å². The molecule has 0 aliphatic carbocycles. The number of nitro benzene ring substituents is 1. The van der Waals surface area contributed by atoms with E-state index in [-0.39, 0.29) is 34.0 Å². The number of anilines is 1. The number of carbonyl (C=O) groups is 3. The van der Waals surface area contributed by atoms with Crippen LogP contribution in [0.5, 0.6) is 11.5 Å². The SMILES string of the molecule is COc1cc(OC)c([N+](=O)[O-])cc1/C=C1/C(=O)NC(=O)N(c2ccc(C)cc2)C1=O. The van der Waals surface area contributed by atoms with Crippen LogP contribution in [0.2, 0.25) is 0 Å². The van der Waals surface area contributed by atoms with Gasteiger partial charge in [-0.3, -0.25) is 25.0 Å². The van der Waals surface area contributed by atoms with Crippen molar-refractivity contribution in [2.24, 2.45) is 0 Å². The third kappa shape index (κ3) is 3.70. The first-order valence-electron chi connectivity index (χ1n) is 8.65. The molecule has 1 N–H and O–H groups in total. The molecule has 4 amide bonds. The third-order valence-electron chi connectivity index (χ3n) is 4.42. The molecule has 0 spiro atoms. The molecule has 0 atom stereocenters. The van der Waals surface area contributed by atoms with Crippen molar-refractivity contribution in [3.63, 3.8) is 0 Å². The van der Waals surface area contributed by atoms with E-state index in [4.69, 9.17) is 9.47 Å². The van der Waals surface area contributed by atoms with Crippen LogP contribution in [0.4, 0.5) is 16.2 Å². The number of hydrogen-bond donors (Lipinski definition) is 1. The van der Waals surface area contributed by atoms with E-state index in [1.165, 1.54) is 20.3 Å². The summed E-state index contributed by atoms with van der Waals surface area (Å²) in [5.74, 6) is -1.69. The lowest BCUT2D eigenvalue weighted by Crippen LogP contribution is -2.54. The van der Waals surface area contributed by atoms with Crippen LogP contribution in [-0.4, -0.2) is 37.0 Å². The number of nitrogens with zero attached hydrogens (tertiary/aromatic N) is 2. The van der Waals surface area contributed by atoms with Gasteiger partial charge in [-0.2, -0.15) is 0 Å². The van der Waals surface area contributed by atoms with Crippen molar-refractivity contribution in [2.45, 2.75) is 6.92 Å². The number of nitrogens with one attached hydrogen (secondary N) is 1. The predicted molar refractivity (Wildman–Crippen MR) is 106 cm³/mol. The second-order valence-corrected chi connectivity index (χ2v) is 6.32. The molecular weight excluding hydrogens is 394 g/mol. The average Bonchev–Trinajstić information content (AvgIpc) is 2.71. The Morgan fingerprint density at radius 2 is 1.67 bits per heavy atom. The van der Waals surface area contributed by atoms with Crippen LogP contribution in [0.25, 0.3) is 6.08 Å². The molecule has 0 bridgehead atoms. The summed E-state index contributed by atoms with van der Waals surface area (Å²) >= 11 is 0. The van der Waals surface area contributed by atoms with Gasteiger partial charge in [-0.15, -0.1) is 0 Å². The summed E-state index contributed by atoms with van der Waals surface area (Å²) < 4.78 is 10.2. The number of carbonyl (C=O) groups excluding carboxylic acids is 3. The zero-order chi connectivity index (χ0) is 22.0. The maximum absolute atomic E-state index is 13.0. The highest BCUT2D eigenvalue weighted by Crippen LogP contribution is 2.36. The Morgan fingerprint density at radius 3 is 2.23 bits per heavy atom. The number of amides is 4. The molecule has 1 saturated heterocycles. The van der Waals surface area contributed by atoms with E-state index in [9.17, 15) is 24.5 Å². The molecule has 1 heterocycles. The molecule has 1 aliphatic heterocycles. The van der Waals surface area contributed by atoms with E-state index in [2.05, 4.69) is 5.32 Å². The molecule has 0 unspecified atom stereocenters. The average molecular weight is 411 g/mol. The molecule has 1 fully saturated rings. The number of nitro groups is 1. The molecule has 0 aromatic heterocycles. The number of methoxy groups -OCH3 is 2. The van der Waals surface area contributed by atoms with Gasteiger partial charge in [0.05, 0.1) is 24.8 Å². The minimum absolute atomic E-state index is 0.0464. The minimum Gasteiger partial charge on any atom is -0.496 e. The fraction of sp³-hybridized carbons (Fsp3) is 0.150. The minimum atomic E-state index is -0.922. The Labute approximate surface area is 170 Å². The first-order chi connectivity index (χ1) is 14.3. The topological polar surface area (TPSA) is 128 Å². The summed E-state index contributed by atoms with van der Waals surface area (Å²) in [5, 5.41) is 13.4. The summed E-state index contributed by atoms with van der Waals surface area (Å²) in [5.41, 5.74) is 0.537. The quantitative estimate of drug-likeness (QED) is 0.347. The van der Waals surface area contributed by atoms with Crippen molar-refractivity contribution in [3.05, 3.63) is 63.2 Å². The Bertz CT molecular complexity index is 1090. The van der Waals surface area contributed by atoms with Crippen molar-refractivity contribution in [1.29, 1.82) is 0 Å². The maximum atomic E-state index is 13.0. The summed E-state index contributed by atoms with van der Waals surface area (Å²) in [6, 6.07) is 8.07. The maximum Gasteiger partial charge on any atom is 0.335 e. The number of ether oxygens (including phenoxy) is 2. The van der Waals surface area contributed by atoms with Gasteiger partial charge in [-0.05, 0) is 25.1 Å². The lowest BCUT2D eigenvalue weighted by molar-refractivity contribution is -0.385. The molecule has 3 rings (SSSR count). The largest absolute Gasteiger partial charge is 0.496 e. The summed E-state index contributed by atoms with van der Waals surface area (Å²) in [4.78, 5) is 49.0. The van der Waals surface area contributed by atoms with Gasteiger partial charge in [0.25, 0.3) is 11.8 Å². The Hall–Kier alpha value is -4.21. The van der Waals surface area contributed by atoms with Crippen molar-refractivity contribution in [1.82, 2.24) is 5.32 Å². The second kappa shape index (κ2) is 8.03. The van der Waals surface area contributed by atoms with Gasteiger partial charge >= 0.3 is 11.7 Å². The fourth-order valence-corrected chi connectivity index (χ4v) is 2.90. The number of aryl methyl sites for hydroxylation is 1. The van der Waals surface area contributed by atoms with Crippen LogP contribution >= 0.6 is 0 Å². The van der Waals surface area contributed by atoms with Crippen LogP contribution in [0.3, 0.4) is 0 Å². The van der Waals surface area contributed by atoms with Gasteiger partial charge < -0.3 is 9.47 Å². The highest BCUT2D eigenvalue weighted by molar-refractivity contribution is 6.39. The van der Waals surface area contributed by atoms with Gasteiger partial charge in [0.15, 0.2) is 0 Å². The number of benzene rings is 2. The Balaban J connectivity index is 2.11. The van der Waals surface area contributed by atoms with E-state index in [0.717, 1.165) is 22.6 Å². The van der Waals surface area contributed by atoms with E-state index < -0.39 is 22.8 Å². The number of hydrogen-bond acceptors (Lipinski definition) is 7. The lowest BCUT2D eigenvalue weighted by Gasteiger charge is -2.26. The van der Waals surface area contributed by atoms with Crippen LogP contribution in [0.1, 0.15) is 11.1 Å². The van der Waals surface area contributed by atoms with E-state index in [1.54, 1.807) is 24.3 Å². The second-order valence-electron chi connectivity index (χ2n) is 6.32. The van der Waals surface area contributed by atoms with E-state index in [0.29, 0.717) is 0 Å². The van der Waals surface area contributed by atoms with E-state index >= 15 is 0 Å². The Kier molecular flexibility index (Phi) is 5.50. The molecule has 2 aromatic rings. The molecular formula is C20H17N3O7. The van der Waals surface area contributed by atoms with Gasteiger partial charge in [-0.25, -0.2) is 9.69 Å². The van der Waals surface area contributed by atoms with Crippen LogP contribution in [0.15, 0.2) is 42.0 Å². The van der Waals surface area contributed by atoms with Gasteiger partial charge in [-0.1, -0.05) is 17.7 Å². The number of urea groups is 1. The van der Waals surface area contributed by atoms with Crippen LogP contribution in [-0.2, 0) is 9.59 Å². The molecule has 154 valence electrons. The molecule has 1 aliphatic rings. The van der Waals surface area contributed by atoms with Gasteiger partial charge in [0.2, 0.25) is 5.75 Å². The van der Waals surface area contributed by atoms with E-state index in [1.807, 2.05) is 6.92 Å². The normalized spacial score (nSPS) is 15.2.